The second kappa shape index (κ2) is 7.53. The Morgan fingerprint density at radius 1 is 1.31 bits per heavy atom. The predicted octanol–water partition coefficient (Wildman–Crippen LogP) is 3.51. The van der Waals surface area contributed by atoms with Crippen LogP contribution in [0.1, 0.15) is 45.7 Å². The molecule has 0 saturated carbocycles. The van der Waals surface area contributed by atoms with Crippen molar-refractivity contribution in [1.82, 2.24) is 9.88 Å². The van der Waals surface area contributed by atoms with E-state index in [9.17, 15) is 19.1 Å². The molecule has 1 fully saturated rings. The molecule has 2 aromatic rings. The van der Waals surface area contributed by atoms with Gasteiger partial charge in [-0.05, 0) is 44.4 Å². The van der Waals surface area contributed by atoms with Crippen LogP contribution in [0.25, 0.3) is 0 Å². The van der Waals surface area contributed by atoms with Gasteiger partial charge in [0, 0.05) is 19.0 Å². The second-order valence-corrected chi connectivity index (χ2v) is 7.83. The van der Waals surface area contributed by atoms with Gasteiger partial charge < -0.3 is 10.0 Å². The van der Waals surface area contributed by atoms with Gasteiger partial charge in [0.15, 0.2) is 0 Å². The third-order valence-electron chi connectivity index (χ3n) is 4.80. The lowest BCUT2D eigenvalue weighted by atomic mass is 9.93. The molecule has 138 valence electrons. The molecule has 1 amide bonds. The lowest BCUT2D eigenvalue weighted by Crippen LogP contribution is -2.47. The minimum Gasteiger partial charge on any atom is -0.481 e. The van der Waals surface area contributed by atoms with Gasteiger partial charge in [-0.3, -0.25) is 9.59 Å². The Bertz CT molecular complexity index is 819. The quantitative estimate of drug-likeness (QED) is 0.887. The number of rotatable bonds is 4. The van der Waals surface area contributed by atoms with Crippen LogP contribution in [0.15, 0.2) is 24.3 Å². The topological polar surface area (TPSA) is 70.5 Å². The molecule has 5 nitrogen and oxygen atoms in total. The highest BCUT2D eigenvalue weighted by atomic mass is 32.1. The van der Waals surface area contributed by atoms with E-state index in [-0.39, 0.29) is 24.3 Å². The molecule has 3 rings (SSSR count). The van der Waals surface area contributed by atoms with Crippen LogP contribution < -0.4 is 0 Å². The number of likely N-dealkylation sites (tertiary alicyclic amines) is 1. The molecule has 0 radical (unpaired) electrons. The second-order valence-electron chi connectivity index (χ2n) is 6.74. The number of nitrogens with zero attached hydrogens (tertiary/aromatic N) is 2. The maximum Gasteiger partial charge on any atom is 0.308 e. The number of carbonyl (C=O) groups is 2. The summed E-state index contributed by atoms with van der Waals surface area (Å²) in [5.41, 5.74) is 1.58. The summed E-state index contributed by atoms with van der Waals surface area (Å²) in [6.07, 6.45) is 1.81. The Labute approximate surface area is 155 Å². The molecule has 0 bridgehead atoms. The number of hydrogen-bond donors (Lipinski definition) is 1. The highest BCUT2D eigenvalue weighted by Crippen LogP contribution is 2.28. The van der Waals surface area contributed by atoms with E-state index in [0.29, 0.717) is 29.8 Å². The smallest absolute Gasteiger partial charge is 0.308 e. The molecular weight excluding hydrogens is 355 g/mol. The van der Waals surface area contributed by atoms with E-state index in [4.69, 9.17) is 0 Å². The van der Waals surface area contributed by atoms with E-state index in [0.717, 1.165) is 10.6 Å². The van der Waals surface area contributed by atoms with Gasteiger partial charge in [-0.25, -0.2) is 9.37 Å². The van der Waals surface area contributed by atoms with E-state index in [1.807, 2.05) is 6.92 Å². The van der Waals surface area contributed by atoms with Crippen LogP contribution in [0.5, 0.6) is 0 Å². The highest BCUT2D eigenvalue weighted by Gasteiger charge is 2.34. The Balaban J connectivity index is 1.78. The van der Waals surface area contributed by atoms with Crippen molar-refractivity contribution in [3.63, 3.8) is 0 Å². The first-order valence-corrected chi connectivity index (χ1v) is 9.41. The maximum atomic E-state index is 13.0. The largest absolute Gasteiger partial charge is 0.481 e. The predicted molar refractivity (Wildman–Crippen MR) is 96.9 cm³/mol. The number of piperidine rings is 1. The van der Waals surface area contributed by atoms with Gasteiger partial charge in [-0.15, -0.1) is 11.3 Å². The number of aromatic nitrogens is 1. The van der Waals surface area contributed by atoms with Gasteiger partial charge in [0.1, 0.15) is 10.7 Å². The van der Waals surface area contributed by atoms with Crippen LogP contribution in [0.4, 0.5) is 4.39 Å². The van der Waals surface area contributed by atoms with Gasteiger partial charge >= 0.3 is 5.97 Å². The molecule has 2 unspecified atom stereocenters. The first-order chi connectivity index (χ1) is 12.3. The third-order valence-corrected chi connectivity index (χ3v) is 5.94. The van der Waals surface area contributed by atoms with Crippen LogP contribution in [0, 0.1) is 18.7 Å². The van der Waals surface area contributed by atoms with Crippen LogP contribution in [0.2, 0.25) is 0 Å². The minimum absolute atomic E-state index is 0.0140. The van der Waals surface area contributed by atoms with E-state index in [1.54, 1.807) is 24.0 Å². The summed E-state index contributed by atoms with van der Waals surface area (Å²) in [6, 6.07) is 6.24. The number of carboxylic acid groups (broad SMARTS) is 1. The number of thiazole rings is 1. The number of hydrogen-bond acceptors (Lipinski definition) is 4. The third kappa shape index (κ3) is 3.93. The van der Waals surface area contributed by atoms with Gasteiger partial charge in [-0.1, -0.05) is 12.1 Å². The molecular formula is C19H21FN2O3S. The molecule has 1 aromatic carbocycles. The van der Waals surface area contributed by atoms with Crippen LogP contribution in [-0.4, -0.2) is 39.5 Å². The summed E-state index contributed by atoms with van der Waals surface area (Å²) in [6.45, 7) is 3.98. The highest BCUT2D eigenvalue weighted by molar-refractivity contribution is 7.13. The van der Waals surface area contributed by atoms with Crippen molar-refractivity contribution in [2.45, 2.75) is 39.2 Å². The van der Waals surface area contributed by atoms with Crippen molar-refractivity contribution < 1.29 is 19.1 Å². The monoisotopic (exact) mass is 376 g/mol. The molecule has 1 aliphatic heterocycles. The molecule has 7 heteroatoms. The van der Waals surface area contributed by atoms with E-state index in [1.165, 1.54) is 23.5 Å². The Morgan fingerprint density at radius 2 is 2.00 bits per heavy atom. The molecule has 2 heterocycles. The number of aliphatic carboxylic acids is 1. The summed E-state index contributed by atoms with van der Waals surface area (Å²) >= 11 is 1.33. The molecule has 26 heavy (non-hydrogen) atoms. The minimum atomic E-state index is -0.854. The van der Waals surface area contributed by atoms with Crippen molar-refractivity contribution in [3.8, 4) is 0 Å². The fourth-order valence-electron chi connectivity index (χ4n) is 3.23. The van der Waals surface area contributed by atoms with E-state index >= 15 is 0 Å². The molecule has 0 spiro atoms. The van der Waals surface area contributed by atoms with E-state index < -0.39 is 11.9 Å². The van der Waals surface area contributed by atoms with Crippen molar-refractivity contribution >= 4 is 23.2 Å². The Kier molecular flexibility index (Phi) is 5.36. The molecule has 0 aliphatic carbocycles. The normalized spacial score (nSPS) is 20.2. The molecule has 1 aromatic heterocycles. The summed E-state index contributed by atoms with van der Waals surface area (Å²) < 4.78 is 13.0. The molecule has 1 N–H and O–H groups in total. The van der Waals surface area contributed by atoms with Crippen molar-refractivity contribution in [3.05, 3.63) is 51.2 Å². The lowest BCUT2D eigenvalue weighted by molar-refractivity contribution is -0.143. The first kappa shape index (κ1) is 18.5. The number of halogens is 1. The average molecular weight is 376 g/mol. The number of carbonyl (C=O) groups excluding carboxylic acids is 1. The number of aryl methyl sites for hydroxylation is 1. The van der Waals surface area contributed by atoms with Gasteiger partial charge in [0.25, 0.3) is 5.91 Å². The van der Waals surface area contributed by atoms with Crippen molar-refractivity contribution in [1.29, 1.82) is 0 Å². The number of amides is 1. The fraction of sp³-hybridized carbons (Fsp3) is 0.421. The van der Waals surface area contributed by atoms with Crippen molar-refractivity contribution in [2.75, 3.05) is 6.54 Å². The van der Waals surface area contributed by atoms with Crippen LogP contribution >= 0.6 is 11.3 Å². The Morgan fingerprint density at radius 3 is 2.65 bits per heavy atom. The summed E-state index contributed by atoms with van der Waals surface area (Å²) in [5.74, 6) is -1.80. The molecule has 1 aliphatic rings. The average Bonchev–Trinajstić information content (AvgIpc) is 2.97. The summed E-state index contributed by atoms with van der Waals surface area (Å²) in [4.78, 5) is 31.0. The zero-order chi connectivity index (χ0) is 18.8. The number of carboxylic acids is 1. The molecule has 2 atom stereocenters. The molecule has 1 saturated heterocycles. The maximum absolute atomic E-state index is 13.0. The number of benzene rings is 1. The standard InChI is InChI=1S/C19H21FN2O3S/c1-11-3-6-14(19(24)25)10-22(11)18(23)17-12(2)21-16(26-17)9-13-4-7-15(20)8-5-13/h4-5,7-8,11,14H,3,6,9-10H2,1-2H3,(H,24,25). The SMILES string of the molecule is Cc1nc(Cc2ccc(F)cc2)sc1C(=O)N1CC(C(=O)O)CCC1C. The van der Waals surface area contributed by atoms with Gasteiger partial charge in [-0.2, -0.15) is 0 Å². The van der Waals surface area contributed by atoms with Crippen molar-refractivity contribution in [2.24, 2.45) is 5.92 Å². The first-order valence-electron chi connectivity index (χ1n) is 8.59. The van der Waals surface area contributed by atoms with Crippen LogP contribution in [0.3, 0.4) is 0 Å². The van der Waals surface area contributed by atoms with E-state index in [2.05, 4.69) is 4.98 Å². The zero-order valence-electron chi connectivity index (χ0n) is 14.7. The Hall–Kier alpha value is -2.28. The summed E-state index contributed by atoms with van der Waals surface area (Å²) in [5, 5.41) is 10.1. The fourth-order valence-corrected chi connectivity index (χ4v) is 4.28. The van der Waals surface area contributed by atoms with Crippen LogP contribution in [-0.2, 0) is 11.2 Å². The summed E-state index contributed by atoms with van der Waals surface area (Å²) in [7, 11) is 0. The van der Waals surface area contributed by atoms with Gasteiger partial charge in [0.05, 0.1) is 16.6 Å². The van der Waals surface area contributed by atoms with Gasteiger partial charge in [0.2, 0.25) is 0 Å². The zero-order valence-corrected chi connectivity index (χ0v) is 15.6. The lowest BCUT2D eigenvalue weighted by Gasteiger charge is -2.36.